The van der Waals surface area contributed by atoms with E-state index in [-0.39, 0.29) is 18.3 Å². The number of ether oxygens (including phenoxy) is 1. The van der Waals surface area contributed by atoms with Crippen molar-refractivity contribution >= 4 is 29.0 Å². The van der Waals surface area contributed by atoms with Gasteiger partial charge < -0.3 is 21.0 Å². The van der Waals surface area contributed by atoms with Crippen molar-refractivity contribution in [3.05, 3.63) is 35.3 Å². The monoisotopic (exact) mass is 293 g/mol. The van der Waals surface area contributed by atoms with Gasteiger partial charge in [-0.2, -0.15) is 0 Å². The molecule has 0 radical (unpaired) electrons. The average Bonchev–Trinajstić information content (AvgIpc) is 2.99. The van der Waals surface area contributed by atoms with Crippen LogP contribution in [0.1, 0.15) is 9.67 Å². The molecule has 8 nitrogen and oxygen atoms in total. The van der Waals surface area contributed by atoms with Gasteiger partial charge in [-0.05, 0) is 23.7 Å². The van der Waals surface area contributed by atoms with Crippen LogP contribution in [0.15, 0.2) is 35.6 Å². The first-order chi connectivity index (χ1) is 9.69. The Labute approximate surface area is 118 Å². The topological polar surface area (TPSA) is 123 Å². The van der Waals surface area contributed by atoms with Crippen LogP contribution < -0.4 is 15.8 Å². The lowest BCUT2D eigenvalue weighted by molar-refractivity contribution is 0.103. The van der Waals surface area contributed by atoms with Gasteiger partial charge in [0.15, 0.2) is 5.84 Å². The van der Waals surface area contributed by atoms with Gasteiger partial charge in [0.05, 0.1) is 6.20 Å². The lowest BCUT2D eigenvalue weighted by atomic mass is 10.3. The lowest BCUT2D eigenvalue weighted by Crippen LogP contribution is -2.20. The number of oxime groups is 1. The second kappa shape index (κ2) is 6.48. The Bertz CT molecular complexity index is 614. The van der Waals surface area contributed by atoms with Gasteiger partial charge in [-0.3, -0.25) is 4.79 Å². The zero-order chi connectivity index (χ0) is 14.4. The summed E-state index contributed by atoms with van der Waals surface area (Å²) in [6, 6.07) is 6.73. The number of anilines is 1. The molecule has 0 saturated heterocycles. The normalized spacial score (nSPS) is 11.1. The number of benzene rings is 1. The summed E-state index contributed by atoms with van der Waals surface area (Å²) in [5.74, 6) is 0.139. The molecular weight excluding hydrogens is 282 g/mol. The summed E-state index contributed by atoms with van der Waals surface area (Å²) >= 11 is 1.01. The summed E-state index contributed by atoms with van der Waals surface area (Å²) in [5.41, 5.74) is 5.85. The number of hydrogen-bond donors (Lipinski definition) is 3. The van der Waals surface area contributed by atoms with E-state index in [2.05, 4.69) is 20.1 Å². The predicted molar refractivity (Wildman–Crippen MR) is 73.2 cm³/mol. The maximum absolute atomic E-state index is 11.8. The third-order valence-electron chi connectivity index (χ3n) is 2.19. The molecule has 1 heterocycles. The van der Waals surface area contributed by atoms with Crippen molar-refractivity contribution < 1.29 is 14.7 Å². The molecule has 2 rings (SSSR count). The summed E-state index contributed by atoms with van der Waals surface area (Å²) in [4.78, 5) is 12.2. The second-order valence-corrected chi connectivity index (χ2v) is 4.43. The number of carbonyl (C=O) groups excluding carboxylic acids is 1. The molecule has 1 aromatic heterocycles. The Morgan fingerprint density at radius 3 is 3.10 bits per heavy atom. The number of aromatic nitrogens is 2. The van der Waals surface area contributed by atoms with Gasteiger partial charge in [-0.15, -0.1) is 5.10 Å². The molecule has 20 heavy (non-hydrogen) atoms. The van der Waals surface area contributed by atoms with E-state index >= 15 is 0 Å². The largest absolute Gasteiger partial charge is 0.485 e. The highest BCUT2D eigenvalue weighted by Crippen LogP contribution is 2.18. The average molecular weight is 293 g/mol. The van der Waals surface area contributed by atoms with E-state index in [4.69, 9.17) is 15.7 Å². The van der Waals surface area contributed by atoms with E-state index in [1.165, 1.54) is 6.20 Å². The molecular formula is C11H11N5O3S. The number of amidine groups is 1. The van der Waals surface area contributed by atoms with Crippen molar-refractivity contribution in [3.63, 3.8) is 0 Å². The minimum atomic E-state index is -0.298. The SMILES string of the molecule is NC(COc1cccc(NC(=O)c2cnns2)c1)=NO. The molecule has 1 amide bonds. The van der Waals surface area contributed by atoms with Gasteiger partial charge in [0.25, 0.3) is 5.91 Å². The Morgan fingerprint density at radius 1 is 1.55 bits per heavy atom. The summed E-state index contributed by atoms with van der Waals surface area (Å²) in [5, 5.41) is 17.5. The standard InChI is InChI=1S/C11H11N5O3S/c12-10(15-18)6-19-8-3-1-2-7(4-8)14-11(17)9-5-13-16-20-9/h1-5,18H,6H2,(H2,12,15)(H,14,17). The number of nitrogens with one attached hydrogen (secondary N) is 1. The molecule has 0 fully saturated rings. The van der Waals surface area contributed by atoms with Gasteiger partial charge in [0.2, 0.25) is 0 Å². The maximum atomic E-state index is 11.8. The van der Waals surface area contributed by atoms with Crippen molar-refractivity contribution in [2.45, 2.75) is 0 Å². The van der Waals surface area contributed by atoms with Gasteiger partial charge in [0.1, 0.15) is 17.2 Å². The fourth-order valence-corrected chi connectivity index (χ4v) is 1.72. The van der Waals surface area contributed by atoms with Crippen molar-refractivity contribution in [2.24, 2.45) is 10.9 Å². The van der Waals surface area contributed by atoms with Crippen molar-refractivity contribution in [1.82, 2.24) is 9.59 Å². The smallest absolute Gasteiger partial charge is 0.269 e. The minimum Gasteiger partial charge on any atom is -0.485 e. The molecule has 0 aliphatic carbocycles. The first-order valence-corrected chi connectivity index (χ1v) is 6.24. The van der Waals surface area contributed by atoms with Crippen molar-refractivity contribution in [1.29, 1.82) is 0 Å². The molecule has 2 aromatic rings. The number of nitrogens with two attached hydrogens (primary N) is 1. The van der Waals surface area contributed by atoms with E-state index in [9.17, 15) is 4.79 Å². The van der Waals surface area contributed by atoms with Crippen LogP contribution in [0.25, 0.3) is 0 Å². The summed E-state index contributed by atoms with van der Waals surface area (Å²) in [6.07, 6.45) is 1.39. The van der Waals surface area contributed by atoms with E-state index in [0.29, 0.717) is 16.3 Å². The molecule has 0 saturated carbocycles. The number of hydrogen-bond acceptors (Lipinski definition) is 7. The Morgan fingerprint density at radius 2 is 2.40 bits per heavy atom. The number of nitrogens with zero attached hydrogens (tertiary/aromatic N) is 3. The predicted octanol–water partition coefficient (Wildman–Crippen LogP) is 0.916. The fraction of sp³-hybridized carbons (Fsp3) is 0.0909. The van der Waals surface area contributed by atoms with Gasteiger partial charge in [-0.25, -0.2) is 0 Å². The minimum absolute atomic E-state index is 0.0461. The lowest BCUT2D eigenvalue weighted by Gasteiger charge is -2.07. The van der Waals surface area contributed by atoms with Gasteiger partial charge >= 0.3 is 0 Å². The maximum Gasteiger partial charge on any atom is 0.269 e. The summed E-state index contributed by atoms with van der Waals surface area (Å²) in [6.45, 7) is -0.0489. The number of amides is 1. The van der Waals surface area contributed by atoms with E-state index in [1.807, 2.05) is 0 Å². The van der Waals surface area contributed by atoms with Crippen LogP contribution in [0.3, 0.4) is 0 Å². The highest BCUT2D eigenvalue weighted by Gasteiger charge is 2.09. The van der Waals surface area contributed by atoms with Gasteiger partial charge in [0, 0.05) is 11.8 Å². The molecule has 9 heteroatoms. The first kappa shape index (κ1) is 13.7. The van der Waals surface area contributed by atoms with E-state index in [0.717, 1.165) is 11.5 Å². The molecule has 1 aromatic carbocycles. The Kier molecular flexibility index (Phi) is 4.45. The van der Waals surface area contributed by atoms with Crippen LogP contribution in [0, 0.1) is 0 Å². The highest BCUT2D eigenvalue weighted by molar-refractivity contribution is 7.07. The van der Waals surface area contributed by atoms with Crippen LogP contribution in [-0.2, 0) is 0 Å². The van der Waals surface area contributed by atoms with Crippen LogP contribution in [0.4, 0.5) is 5.69 Å². The molecule has 0 aliphatic heterocycles. The molecule has 0 spiro atoms. The summed E-state index contributed by atoms with van der Waals surface area (Å²) < 4.78 is 8.90. The molecule has 4 N–H and O–H groups in total. The molecule has 0 atom stereocenters. The molecule has 0 unspecified atom stereocenters. The number of carbonyl (C=O) groups is 1. The Hall–Kier alpha value is -2.68. The summed E-state index contributed by atoms with van der Waals surface area (Å²) in [7, 11) is 0. The zero-order valence-electron chi connectivity index (χ0n) is 10.2. The van der Waals surface area contributed by atoms with E-state index in [1.54, 1.807) is 24.3 Å². The van der Waals surface area contributed by atoms with Crippen LogP contribution >= 0.6 is 11.5 Å². The fourth-order valence-electron chi connectivity index (χ4n) is 1.31. The molecule has 104 valence electrons. The molecule has 0 aliphatic rings. The van der Waals surface area contributed by atoms with E-state index < -0.39 is 0 Å². The number of rotatable bonds is 5. The van der Waals surface area contributed by atoms with Crippen LogP contribution in [-0.4, -0.2) is 33.1 Å². The third-order valence-corrected chi connectivity index (χ3v) is 2.86. The van der Waals surface area contributed by atoms with Crippen molar-refractivity contribution in [3.8, 4) is 5.75 Å². The van der Waals surface area contributed by atoms with Crippen LogP contribution in [0.2, 0.25) is 0 Å². The van der Waals surface area contributed by atoms with Crippen molar-refractivity contribution in [2.75, 3.05) is 11.9 Å². The third kappa shape index (κ3) is 3.65. The quantitative estimate of drug-likeness (QED) is 0.326. The first-order valence-electron chi connectivity index (χ1n) is 5.47. The Balaban J connectivity index is 2.01. The highest BCUT2D eigenvalue weighted by atomic mass is 32.1. The van der Waals surface area contributed by atoms with Crippen LogP contribution in [0.5, 0.6) is 5.75 Å². The zero-order valence-corrected chi connectivity index (χ0v) is 11.0. The molecule has 0 bridgehead atoms. The second-order valence-electron chi connectivity index (χ2n) is 3.64. The van der Waals surface area contributed by atoms with Gasteiger partial charge in [-0.1, -0.05) is 15.7 Å².